The number of fused-ring (bicyclic) bond motifs is 12. The lowest BCUT2D eigenvalue weighted by Crippen LogP contribution is -1.95. The zero-order chi connectivity index (χ0) is 42.9. The second-order valence-electron chi connectivity index (χ2n) is 13.9. The molecule has 0 saturated heterocycles. The van der Waals surface area contributed by atoms with Crippen molar-refractivity contribution in [2.45, 2.75) is 13.8 Å². The number of carbonyl (C=O) groups excluding carboxylic acids is 1. The molecule has 12 aromatic rings. The average Bonchev–Trinajstić information content (AvgIpc) is 4.04. The second-order valence-corrected chi connectivity index (χ2v) is 16.6. The minimum Gasteiger partial charge on any atom is -0.361 e. The molecule has 1 amide bonds. The van der Waals surface area contributed by atoms with Gasteiger partial charge in [0.1, 0.15) is 34.6 Å². The number of aryl methyl sites for hydroxylation is 2. The highest BCUT2D eigenvalue weighted by atomic mass is 79.9. The van der Waals surface area contributed by atoms with Crippen LogP contribution < -0.4 is 5.32 Å². The molecule has 0 aliphatic rings. The molecule has 0 spiro atoms. The number of hydrogen-bond donors (Lipinski definition) is 5. The van der Waals surface area contributed by atoms with Crippen LogP contribution in [0.5, 0.6) is 0 Å². The first-order valence-electron chi connectivity index (χ1n) is 18.7. The van der Waals surface area contributed by atoms with Crippen LogP contribution >= 0.6 is 47.8 Å². The highest BCUT2D eigenvalue weighted by molar-refractivity contribution is 9.11. The Morgan fingerprint density at radius 3 is 1.45 bits per heavy atom. The molecule has 0 saturated carbocycles. The van der Waals surface area contributed by atoms with E-state index in [4.69, 9.17) is 6.57 Å². The summed E-state index contributed by atoms with van der Waals surface area (Å²) in [5.74, 6) is 0.918. The fourth-order valence-corrected chi connectivity index (χ4v) is 7.97. The van der Waals surface area contributed by atoms with Crippen molar-refractivity contribution in [3.63, 3.8) is 0 Å². The van der Waals surface area contributed by atoms with Crippen molar-refractivity contribution in [1.29, 1.82) is 0 Å². The number of halogens is 3. The normalized spacial score (nSPS) is 11.0. The number of nitrogens with one attached hydrogen (secondary N) is 5. The number of carbonyl (C=O) groups is 1. The first-order valence-corrected chi connectivity index (χ1v) is 21.0. The summed E-state index contributed by atoms with van der Waals surface area (Å²) in [6.07, 6.45) is 14.7. The smallest absolute Gasteiger partial charge is 0.270 e. The van der Waals surface area contributed by atoms with E-state index in [0.29, 0.717) is 18.0 Å². The summed E-state index contributed by atoms with van der Waals surface area (Å²) in [6.45, 7) is 10.9. The van der Waals surface area contributed by atoms with Gasteiger partial charge in [-0.25, -0.2) is 24.9 Å². The summed E-state index contributed by atoms with van der Waals surface area (Å²) >= 11 is 10.2. The molecule has 5 N–H and O–H groups in total. The number of H-pyrrole nitrogens is 4. The Labute approximate surface area is 375 Å². The monoisotopic (exact) mass is 1010 g/mol. The van der Waals surface area contributed by atoms with E-state index in [9.17, 15) is 4.79 Å². The standard InChI is InChI=1S/C11H7BrN4O.C11H5BrN4.C11H8BrN3.C11H9N3/c12-6-1-8-7-2-10(15-5-17)13-4-9(7)16-11(8)14-3-6;1-13-10-3-7-8-2-6(12)4-15-11(8)16-9(7)5-14-10;1-6-2-8-9-3-7(12)4-14-11(9)15-10(8)5-13-6;1-7-5-9-8-3-2-4-12-11(8)14-10(9)6-13-7/h1-5H,(H,14,16)(H,13,15,17);2-5H,(H,15,16);2-5H,1H3,(H,14,15);2-6H,1H3,(H,12,14). The van der Waals surface area contributed by atoms with Gasteiger partial charge >= 0.3 is 0 Å². The summed E-state index contributed by atoms with van der Waals surface area (Å²) in [4.78, 5) is 60.2. The number of nitrogens with zero attached hydrogens (tertiary/aromatic N) is 9. The lowest BCUT2D eigenvalue weighted by Gasteiger charge is -1.97. The van der Waals surface area contributed by atoms with Gasteiger partial charge in [-0.15, -0.1) is 4.98 Å². The van der Waals surface area contributed by atoms with Gasteiger partial charge in [0, 0.05) is 92.7 Å². The topological polar surface area (TPSA) is 200 Å². The molecular formula is C44H29Br3N14O. The summed E-state index contributed by atoms with van der Waals surface area (Å²) in [6, 6.07) is 17.8. The number of rotatable bonds is 2. The zero-order valence-electron chi connectivity index (χ0n) is 32.5. The van der Waals surface area contributed by atoms with Crippen LogP contribution in [-0.2, 0) is 4.79 Å². The Morgan fingerprint density at radius 1 is 0.516 bits per heavy atom. The van der Waals surface area contributed by atoms with Crippen LogP contribution in [0.15, 0.2) is 118 Å². The summed E-state index contributed by atoms with van der Waals surface area (Å²) in [7, 11) is 0. The van der Waals surface area contributed by atoms with Crippen LogP contribution in [-0.4, -0.2) is 66.2 Å². The highest BCUT2D eigenvalue weighted by Gasteiger charge is 2.10. The van der Waals surface area contributed by atoms with E-state index >= 15 is 0 Å². The molecule has 0 bridgehead atoms. The van der Waals surface area contributed by atoms with Gasteiger partial charge in [0.05, 0.1) is 40.7 Å². The van der Waals surface area contributed by atoms with Gasteiger partial charge < -0.3 is 30.1 Å². The van der Waals surface area contributed by atoms with Crippen molar-refractivity contribution in [2.75, 3.05) is 5.32 Å². The number of amides is 1. The Bertz CT molecular complexity index is 3640. The molecule has 0 radical (unpaired) electrons. The maximum absolute atomic E-state index is 10.4. The third-order valence-corrected chi connectivity index (χ3v) is 11.0. The predicted molar refractivity (Wildman–Crippen MR) is 254 cm³/mol. The third-order valence-electron chi connectivity index (χ3n) is 9.74. The Hall–Kier alpha value is -7.20. The van der Waals surface area contributed by atoms with E-state index in [2.05, 4.69) is 142 Å². The molecule has 0 aromatic carbocycles. The summed E-state index contributed by atoms with van der Waals surface area (Å²) < 4.78 is 2.82. The number of aromatic amines is 4. The van der Waals surface area contributed by atoms with Crippen molar-refractivity contribution < 1.29 is 4.79 Å². The summed E-state index contributed by atoms with van der Waals surface area (Å²) in [5.41, 5.74) is 9.34. The molecule has 302 valence electrons. The van der Waals surface area contributed by atoms with Gasteiger partial charge in [-0.05, 0) is 116 Å². The maximum atomic E-state index is 10.4. The van der Waals surface area contributed by atoms with E-state index in [1.54, 1.807) is 43.2 Å². The molecular weight excluding hydrogens is 980 g/mol. The van der Waals surface area contributed by atoms with Crippen LogP contribution in [0.1, 0.15) is 11.4 Å². The number of aromatic nitrogens is 12. The van der Waals surface area contributed by atoms with Gasteiger partial charge in [-0.2, -0.15) is 0 Å². The SMILES string of the molecule is Cc1cc2c(cn1)[nH]c1ncc(Br)cc12.Cc1cc2c(cn1)[nH]c1ncccc12.O=CNc1cc2c(cn1)[nH]c1ncc(Br)cc12.[C-]#[N+]c1cc2c(cn1)[nH]c1ncc(Br)cc12. The molecule has 0 unspecified atom stereocenters. The average molecular weight is 1010 g/mol. The molecule has 0 aliphatic carbocycles. The molecule has 18 heteroatoms. The summed E-state index contributed by atoms with van der Waals surface area (Å²) in [5, 5.41) is 11.1. The van der Waals surface area contributed by atoms with Crippen molar-refractivity contribution in [3.05, 3.63) is 140 Å². The largest absolute Gasteiger partial charge is 0.361 e. The molecule has 12 rings (SSSR count). The lowest BCUT2D eigenvalue weighted by atomic mass is 10.2. The minimum atomic E-state index is 0.397. The molecule has 12 aromatic heterocycles. The molecule has 0 fully saturated rings. The Kier molecular flexibility index (Phi) is 11.1. The van der Waals surface area contributed by atoms with Crippen LogP contribution in [0.4, 0.5) is 11.6 Å². The number of hydrogen-bond acceptors (Lipinski definition) is 9. The molecule has 15 nitrogen and oxygen atoms in total. The van der Waals surface area contributed by atoms with Gasteiger partial charge in [0.15, 0.2) is 0 Å². The van der Waals surface area contributed by atoms with Crippen LogP contribution in [0.25, 0.3) is 92.6 Å². The molecule has 12 heterocycles. The first-order chi connectivity index (χ1) is 30.1. The predicted octanol–water partition coefficient (Wildman–Crippen LogP) is 11.5. The number of pyridine rings is 8. The van der Waals surface area contributed by atoms with Crippen LogP contribution in [0.3, 0.4) is 0 Å². The van der Waals surface area contributed by atoms with E-state index in [0.717, 1.165) is 102 Å². The van der Waals surface area contributed by atoms with E-state index in [-0.39, 0.29) is 0 Å². The van der Waals surface area contributed by atoms with Gasteiger partial charge in [0.25, 0.3) is 5.82 Å². The molecule has 0 aliphatic heterocycles. The zero-order valence-corrected chi connectivity index (χ0v) is 37.2. The van der Waals surface area contributed by atoms with Crippen molar-refractivity contribution in [1.82, 2.24) is 59.8 Å². The van der Waals surface area contributed by atoms with Crippen LogP contribution in [0.2, 0.25) is 0 Å². The Morgan fingerprint density at radius 2 is 0.952 bits per heavy atom. The quantitative estimate of drug-likeness (QED) is 0.0825. The maximum Gasteiger partial charge on any atom is 0.270 e. The van der Waals surface area contributed by atoms with Gasteiger partial charge in [0.2, 0.25) is 6.41 Å². The minimum absolute atomic E-state index is 0.397. The second kappa shape index (κ2) is 17.0. The van der Waals surface area contributed by atoms with Crippen molar-refractivity contribution >= 4 is 154 Å². The fourth-order valence-electron chi connectivity index (χ4n) is 6.97. The first kappa shape index (κ1) is 40.2. The fraction of sp³-hybridized carbons (Fsp3) is 0.0455. The van der Waals surface area contributed by atoms with E-state index in [1.165, 1.54) is 10.8 Å². The molecule has 0 atom stereocenters. The number of anilines is 1. The van der Waals surface area contributed by atoms with Crippen molar-refractivity contribution in [3.8, 4) is 0 Å². The molecule has 62 heavy (non-hydrogen) atoms. The van der Waals surface area contributed by atoms with Crippen molar-refractivity contribution in [2.24, 2.45) is 0 Å². The van der Waals surface area contributed by atoms with E-state index < -0.39 is 0 Å². The van der Waals surface area contributed by atoms with Gasteiger partial charge in [-0.3, -0.25) is 14.8 Å². The van der Waals surface area contributed by atoms with E-state index in [1.807, 2.05) is 50.5 Å². The third kappa shape index (κ3) is 8.16. The van der Waals surface area contributed by atoms with Gasteiger partial charge in [-0.1, -0.05) is 6.57 Å². The van der Waals surface area contributed by atoms with Crippen LogP contribution in [0, 0.1) is 20.4 Å². The lowest BCUT2D eigenvalue weighted by molar-refractivity contribution is -0.105. The highest BCUT2D eigenvalue weighted by Crippen LogP contribution is 2.30. The Balaban J connectivity index is 0.000000106.